The number of carboxylic acid groups (broad SMARTS) is 1. The lowest BCUT2D eigenvalue weighted by Crippen LogP contribution is -2.35. The molecule has 16 nitrogen and oxygen atoms in total. The summed E-state index contributed by atoms with van der Waals surface area (Å²) in [6.07, 6.45) is -0.166. The molecule has 16 heteroatoms. The minimum Gasteiger partial charge on any atom is -0.481 e. The summed E-state index contributed by atoms with van der Waals surface area (Å²) in [4.78, 5) is 56.2. The SMILES string of the molecule is CCOCc1nc2c(NC(=O)CNC(=O)COCCOCCOCC(=O)NCCC(=O)O)nc3ccccc3c2n1CC(C)(C)O. The molecular formula is C30H42N6O10. The van der Waals surface area contributed by atoms with Crippen molar-refractivity contribution in [3.05, 3.63) is 30.1 Å². The number of anilines is 1. The van der Waals surface area contributed by atoms with E-state index in [1.807, 2.05) is 35.8 Å². The van der Waals surface area contributed by atoms with Gasteiger partial charge in [-0.1, -0.05) is 18.2 Å². The van der Waals surface area contributed by atoms with Crippen molar-refractivity contribution in [1.82, 2.24) is 25.2 Å². The van der Waals surface area contributed by atoms with Gasteiger partial charge in [-0.25, -0.2) is 9.97 Å². The summed E-state index contributed by atoms with van der Waals surface area (Å²) < 4.78 is 23.2. The molecule has 0 radical (unpaired) electrons. The first-order valence-corrected chi connectivity index (χ1v) is 14.8. The first kappa shape index (κ1) is 36.3. The first-order chi connectivity index (χ1) is 22.0. The van der Waals surface area contributed by atoms with Crippen LogP contribution >= 0.6 is 0 Å². The van der Waals surface area contributed by atoms with Crippen LogP contribution in [-0.2, 0) is 51.3 Å². The van der Waals surface area contributed by atoms with Crippen molar-refractivity contribution in [1.29, 1.82) is 0 Å². The summed E-state index contributed by atoms with van der Waals surface area (Å²) in [5.74, 6) is -1.64. The molecule has 2 heterocycles. The Morgan fingerprint density at radius 1 is 0.891 bits per heavy atom. The largest absolute Gasteiger partial charge is 0.481 e. The Morgan fingerprint density at radius 2 is 1.54 bits per heavy atom. The molecule has 0 unspecified atom stereocenters. The van der Waals surface area contributed by atoms with E-state index in [0.29, 0.717) is 29.0 Å². The Bertz CT molecular complexity index is 1490. The van der Waals surface area contributed by atoms with Gasteiger partial charge in [0, 0.05) is 18.5 Å². The van der Waals surface area contributed by atoms with Crippen LogP contribution in [-0.4, -0.2) is 113 Å². The van der Waals surface area contributed by atoms with Crippen molar-refractivity contribution < 1.29 is 48.3 Å². The molecule has 2 aromatic heterocycles. The Labute approximate surface area is 265 Å². The zero-order chi connectivity index (χ0) is 33.5. The maximum absolute atomic E-state index is 12.8. The Morgan fingerprint density at radius 3 is 2.20 bits per heavy atom. The zero-order valence-electron chi connectivity index (χ0n) is 26.3. The maximum Gasteiger partial charge on any atom is 0.305 e. The van der Waals surface area contributed by atoms with E-state index >= 15 is 0 Å². The molecular weight excluding hydrogens is 604 g/mol. The van der Waals surface area contributed by atoms with Crippen LogP contribution in [0.2, 0.25) is 0 Å². The average Bonchev–Trinajstić information content (AvgIpc) is 3.35. The second kappa shape index (κ2) is 18.1. The van der Waals surface area contributed by atoms with Crippen LogP contribution in [0.5, 0.6) is 0 Å². The van der Waals surface area contributed by atoms with Gasteiger partial charge in [0.25, 0.3) is 0 Å². The van der Waals surface area contributed by atoms with Gasteiger partial charge in [0.1, 0.15) is 31.2 Å². The summed E-state index contributed by atoms with van der Waals surface area (Å²) in [6.45, 7) is 6.02. The number of ether oxygens (including phenoxy) is 4. The van der Waals surface area contributed by atoms with Crippen LogP contribution in [0.15, 0.2) is 24.3 Å². The molecule has 3 rings (SSSR count). The number of hydrogen-bond acceptors (Lipinski definition) is 11. The van der Waals surface area contributed by atoms with Crippen LogP contribution in [0.1, 0.15) is 33.0 Å². The first-order valence-electron chi connectivity index (χ1n) is 14.8. The number of carbonyl (C=O) groups excluding carboxylic acids is 3. The molecule has 0 spiro atoms. The standard InChI is InChI=1S/C30H42N6O10/c1-4-43-16-22-34-27-28(36(22)19-30(2,3)42)20-7-5-6-8-21(20)33-29(27)35-23(37)15-32-25(39)18-46-14-12-44-11-13-45-17-24(38)31-10-9-26(40)41/h5-8,42H,4,9-19H2,1-3H3,(H,31,38)(H,32,39)(H,40,41)(H,33,35,37). The Hall–Kier alpha value is -4.22. The van der Waals surface area contributed by atoms with E-state index in [1.54, 1.807) is 13.8 Å². The van der Waals surface area contributed by atoms with Crippen LogP contribution in [0.25, 0.3) is 21.9 Å². The number of nitrogens with zero attached hydrogens (tertiary/aromatic N) is 3. The highest BCUT2D eigenvalue weighted by molar-refractivity contribution is 6.10. The van der Waals surface area contributed by atoms with Crippen LogP contribution in [0.3, 0.4) is 0 Å². The van der Waals surface area contributed by atoms with Crippen molar-refractivity contribution >= 4 is 51.4 Å². The number of benzene rings is 1. The van der Waals surface area contributed by atoms with E-state index < -0.39 is 29.3 Å². The Balaban J connectivity index is 1.46. The normalized spacial score (nSPS) is 11.6. The topological polar surface area (TPSA) is 212 Å². The van der Waals surface area contributed by atoms with Gasteiger partial charge in [0.15, 0.2) is 5.82 Å². The molecule has 0 saturated heterocycles. The second-order valence-electron chi connectivity index (χ2n) is 10.8. The van der Waals surface area contributed by atoms with Gasteiger partial charge >= 0.3 is 5.97 Å². The molecule has 0 bridgehead atoms. The number of nitrogens with one attached hydrogen (secondary N) is 3. The summed E-state index contributed by atoms with van der Waals surface area (Å²) in [5.41, 5.74) is 0.698. The number of pyridine rings is 1. The summed E-state index contributed by atoms with van der Waals surface area (Å²) in [7, 11) is 0. The van der Waals surface area contributed by atoms with E-state index in [4.69, 9.17) is 29.0 Å². The average molecular weight is 647 g/mol. The summed E-state index contributed by atoms with van der Waals surface area (Å²) >= 11 is 0. The molecule has 3 amide bonds. The van der Waals surface area contributed by atoms with Gasteiger partial charge in [0.2, 0.25) is 17.7 Å². The maximum atomic E-state index is 12.8. The third-order valence-electron chi connectivity index (χ3n) is 6.22. The minimum absolute atomic E-state index is 0.0297. The molecule has 1 aromatic carbocycles. The van der Waals surface area contributed by atoms with Crippen molar-refractivity contribution in [2.24, 2.45) is 0 Å². The van der Waals surface area contributed by atoms with Gasteiger partial charge in [-0.3, -0.25) is 19.2 Å². The predicted octanol–water partition coefficient (Wildman–Crippen LogP) is 0.587. The fraction of sp³-hybridized carbons (Fsp3) is 0.533. The quantitative estimate of drug-likeness (QED) is 0.101. The fourth-order valence-electron chi connectivity index (χ4n) is 4.26. The molecule has 0 fully saturated rings. The smallest absolute Gasteiger partial charge is 0.305 e. The van der Waals surface area contributed by atoms with Gasteiger partial charge in [-0.05, 0) is 26.8 Å². The summed E-state index contributed by atoms with van der Waals surface area (Å²) in [5, 5.41) is 27.6. The molecule has 3 aromatic rings. The molecule has 252 valence electrons. The number of amides is 3. The highest BCUT2D eigenvalue weighted by Gasteiger charge is 2.24. The molecule has 5 N–H and O–H groups in total. The monoisotopic (exact) mass is 646 g/mol. The molecule has 0 saturated carbocycles. The number of aliphatic carboxylic acids is 1. The van der Waals surface area contributed by atoms with Gasteiger partial charge < -0.3 is 49.7 Å². The van der Waals surface area contributed by atoms with Crippen LogP contribution in [0, 0.1) is 0 Å². The second-order valence-corrected chi connectivity index (χ2v) is 10.8. The highest BCUT2D eigenvalue weighted by atomic mass is 16.5. The Kier molecular flexibility index (Phi) is 14.2. The highest BCUT2D eigenvalue weighted by Crippen LogP contribution is 2.31. The molecule has 0 atom stereocenters. The van der Waals surface area contributed by atoms with Crippen molar-refractivity contribution in [2.45, 2.75) is 45.9 Å². The number of para-hydroxylation sites is 1. The zero-order valence-corrected chi connectivity index (χ0v) is 26.3. The van der Waals surface area contributed by atoms with Gasteiger partial charge in [0.05, 0.1) is 62.6 Å². The lowest BCUT2D eigenvalue weighted by atomic mass is 10.1. The van der Waals surface area contributed by atoms with Gasteiger partial charge in [-0.2, -0.15) is 0 Å². The number of hydrogen-bond donors (Lipinski definition) is 5. The van der Waals surface area contributed by atoms with E-state index in [-0.39, 0.29) is 78.1 Å². The third kappa shape index (κ3) is 11.9. The number of aromatic nitrogens is 3. The van der Waals surface area contributed by atoms with Crippen molar-refractivity contribution in [3.8, 4) is 0 Å². The number of rotatable bonds is 21. The molecule has 0 aliphatic carbocycles. The number of aliphatic hydroxyl groups is 1. The molecule has 0 aliphatic rings. The van der Waals surface area contributed by atoms with Crippen molar-refractivity contribution in [2.75, 3.05) is 64.7 Å². The van der Waals surface area contributed by atoms with E-state index in [9.17, 15) is 24.3 Å². The third-order valence-corrected chi connectivity index (χ3v) is 6.22. The van der Waals surface area contributed by atoms with Crippen molar-refractivity contribution in [3.63, 3.8) is 0 Å². The number of imidazole rings is 1. The van der Waals surface area contributed by atoms with E-state index in [0.717, 1.165) is 5.39 Å². The number of carbonyl (C=O) groups is 4. The van der Waals surface area contributed by atoms with Gasteiger partial charge in [-0.15, -0.1) is 0 Å². The number of fused-ring (bicyclic) bond motifs is 3. The van der Waals surface area contributed by atoms with Crippen LogP contribution < -0.4 is 16.0 Å². The van der Waals surface area contributed by atoms with Crippen LogP contribution in [0.4, 0.5) is 5.82 Å². The van der Waals surface area contributed by atoms with E-state index in [2.05, 4.69) is 20.9 Å². The fourth-order valence-corrected chi connectivity index (χ4v) is 4.26. The number of carboxylic acids is 1. The lowest BCUT2D eigenvalue weighted by molar-refractivity contribution is -0.137. The molecule has 46 heavy (non-hydrogen) atoms. The minimum atomic E-state index is -1.05. The molecule has 0 aliphatic heterocycles. The lowest BCUT2D eigenvalue weighted by Gasteiger charge is -2.20. The summed E-state index contributed by atoms with van der Waals surface area (Å²) in [6, 6.07) is 7.43. The van der Waals surface area contributed by atoms with E-state index in [1.165, 1.54) is 0 Å². The predicted molar refractivity (Wildman–Crippen MR) is 166 cm³/mol.